The Bertz CT molecular complexity index is 801. The van der Waals surface area contributed by atoms with E-state index in [0.717, 1.165) is 16.9 Å². The summed E-state index contributed by atoms with van der Waals surface area (Å²) in [6.45, 7) is 9.08. The molecule has 6 heteroatoms. The molecule has 0 saturated carbocycles. The van der Waals surface area contributed by atoms with E-state index in [0.29, 0.717) is 25.3 Å². The second kappa shape index (κ2) is 10.3. The molecule has 2 aromatic rings. The molecule has 2 aromatic carbocycles. The van der Waals surface area contributed by atoms with Crippen molar-refractivity contribution in [2.24, 2.45) is 0 Å². The molecule has 0 aliphatic carbocycles. The Morgan fingerprint density at radius 2 is 1.71 bits per heavy atom. The van der Waals surface area contributed by atoms with Gasteiger partial charge >= 0.3 is 6.03 Å². The molecule has 28 heavy (non-hydrogen) atoms. The second-order valence-electron chi connectivity index (χ2n) is 7.05. The Balaban J connectivity index is 1.74. The first-order valence-corrected chi connectivity index (χ1v) is 9.46. The van der Waals surface area contributed by atoms with Gasteiger partial charge < -0.3 is 20.7 Å². The van der Waals surface area contributed by atoms with Gasteiger partial charge in [0.2, 0.25) is 0 Å². The zero-order chi connectivity index (χ0) is 20.5. The van der Waals surface area contributed by atoms with Crippen molar-refractivity contribution >= 4 is 11.9 Å². The number of benzene rings is 2. The first-order valence-electron chi connectivity index (χ1n) is 9.46. The number of rotatable bonds is 8. The van der Waals surface area contributed by atoms with Crippen LogP contribution in [-0.4, -0.2) is 31.1 Å². The first kappa shape index (κ1) is 21.3. The fourth-order valence-corrected chi connectivity index (χ4v) is 2.66. The van der Waals surface area contributed by atoms with Crippen LogP contribution in [0.25, 0.3) is 0 Å². The number of carbonyl (C=O) groups is 2. The predicted octanol–water partition coefficient (Wildman–Crippen LogP) is 3.32. The highest BCUT2D eigenvalue weighted by atomic mass is 16.5. The molecule has 6 nitrogen and oxygen atoms in total. The molecular weight excluding hydrogens is 354 g/mol. The van der Waals surface area contributed by atoms with Crippen LogP contribution >= 0.6 is 0 Å². The third-order valence-electron chi connectivity index (χ3n) is 4.06. The Morgan fingerprint density at radius 3 is 2.36 bits per heavy atom. The van der Waals surface area contributed by atoms with Crippen molar-refractivity contribution in [3.8, 4) is 5.75 Å². The number of hydrogen-bond acceptors (Lipinski definition) is 3. The van der Waals surface area contributed by atoms with Gasteiger partial charge in [0, 0.05) is 18.2 Å². The molecule has 0 aliphatic heterocycles. The summed E-state index contributed by atoms with van der Waals surface area (Å²) >= 11 is 0. The maximum absolute atomic E-state index is 12.2. The summed E-state index contributed by atoms with van der Waals surface area (Å²) in [5.74, 6) is 0.680. The van der Waals surface area contributed by atoms with Gasteiger partial charge in [0.25, 0.3) is 5.91 Å². The Kier molecular flexibility index (Phi) is 7.87. The Labute approximate surface area is 166 Å². The predicted molar refractivity (Wildman–Crippen MR) is 111 cm³/mol. The number of nitrogens with one attached hydrogen (secondary N) is 3. The van der Waals surface area contributed by atoms with Gasteiger partial charge in [-0.2, -0.15) is 0 Å². The van der Waals surface area contributed by atoms with E-state index in [2.05, 4.69) is 22.0 Å². The van der Waals surface area contributed by atoms with Crippen LogP contribution in [0.15, 0.2) is 42.5 Å². The number of ether oxygens (including phenoxy) is 1. The average molecular weight is 383 g/mol. The minimum Gasteiger partial charge on any atom is -0.491 e. The molecule has 0 radical (unpaired) electrons. The lowest BCUT2D eigenvalue weighted by molar-refractivity contribution is 0.0947. The standard InChI is InChI=1S/C22H29N3O3/c1-15(2)25-22(27)24-14-18-6-8-19(9-7-18)21(26)23-11-12-28-20-10-5-16(3)13-17(20)4/h5-10,13,15H,11-12,14H2,1-4H3,(H,23,26)(H2,24,25,27). The quantitative estimate of drug-likeness (QED) is 0.612. The van der Waals surface area contributed by atoms with Gasteiger partial charge in [0.1, 0.15) is 12.4 Å². The van der Waals surface area contributed by atoms with Crippen LogP contribution in [0.2, 0.25) is 0 Å². The van der Waals surface area contributed by atoms with Crippen LogP contribution in [0.5, 0.6) is 5.75 Å². The van der Waals surface area contributed by atoms with Crippen LogP contribution in [0.1, 0.15) is 40.9 Å². The van der Waals surface area contributed by atoms with Gasteiger partial charge in [-0.3, -0.25) is 4.79 Å². The molecule has 0 fully saturated rings. The fraction of sp³-hybridized carbons (Fsp3) is 0.364. The molecule has 0 heterocycles. The molecule has 3 N–H and O–H groups in total. The van der Waals surface area contributed by atoms with Crippen LogP contribution in [-0.2, 0) is 6.54 Å². The normalized spacial score (nSPS) is 10.5. The highest BCUT2D eigenvalue weighted by Crippen LogP contribution is 2.18. The van der Waals surface area contributed by atoms with Gasteiger partial charge in [-0.05, 0) is 57.0 Å². The van der Waals surface area contributed by atoms with Gasteiger partial charge in [0.15, 0.2) is 0 Å². The zero-order valence-corrected chi connectivity index (χ0v) is 17.0. The van der Waals surface area contributed by atoms with Crippen LogP contribution in [0.3, 0.4) is 0 Å². The van der Waals surface area contributed by atoms with Crippen LogP contribution in [0.4, 0.5) is 4.79 Å². The topological polar surface area (TPSA) is 79.5 Å². The van der Waals surface area contributed by atoms with Crippen molar-refractivity contribution in [2.45, 2.75) is 40.3 Å². The number of urea groups is 1. The third kappa shape index (κ3) is 6.95. The first-order chi connectivity index (χ1) is 13.3. The summed E-state index contributed by atoms with van der Waals surface area (Å²) in [6.07, 6.45) is 0. The van der Waals surface area contributed by atoms with Gasteiger partial charge in [-0.1, -0.05) is 29.8 Å². The highest BCUT2D eigenvalue weighted by molar-refractivity contribution is 5.94. The lowest BCUT2D eigenvalue weighted by atomic mass is 10.1. The zero-order valence-electron chi connectivity index (χ0n) is 17.0. The molecule has 0 saturated heterocycles. The third-order valence-corrected chi connectivity index (χ3v) is 4.06. The van der Waals surface area contributed by atoms with E-state index < -0.39 is 0 Å². The average Bonchev–Trinajstić information content (AvgIpc) is 2.64. The Hall–Kier alpha value is -3.02. The minimum absolute atomic E-state index is 0.0879. The summed E-state index contributed by atoms with van der Waals surface area (Å²) in [7, 11) is 0. The van der Waals surface area contributed by atoms with Gasteiger partial charge in [0.05, 0.1) is 6.54 Å². The van der Waals surface area contributed by atoms with E-state index in [-0.39, 0.29) is 18.0 Å². The van der Waals surface area contributed by atoms with Gasteiger partial charge in [-0.25, -0.2) is 4.79 Å². The van der Waals surface area contributed by atoms with E-state index in [9.17, 15) is 9.59 Å². The van der Waals surface area contributed by atoms with Crippen molar-refractivity contribution in [3.63, 3.8) is 0 Å². The molecule has 0 atom stereocenters. The number of amides is 3. The lowest BCUT2D eigenvalue weighted by Gasteiger charge is -2.11. The molecular formula is C22H29N3O3. The summed E-state index contributed by atoms with van der Waals surface area (Å²) in [5.41, 5.74) is 3.77. The molecule has 0 unspecified atom stereocenters. The lowest BCUT2D eigenvalue weighted by Crippen LogP contribution is -2.39. The maximum atomic E-state index is 12.2. The van der Waals surface area contributed by atoms with E-state index in [1.54, 1.807) is 12.1 Å². The van der Waals surface area contributed by atoms with Gasteiger partial charge in [-0.15, -0.1) is 0 Å². The highest BCUT2D eigenvalue weighted by Gasteiger charge is 2.07. The molecule has 2 rings (SSSR count). The van der Waals surface area contributed by atoms with E-state index in [1.807, 2.05) is 52.0 Å². The van der Waals surface area contributed by atoms with Crippen LogP contribution < -0.4 is 20.7 Å². The van der Waals surface area contributed by atoms with Crippen molar-refractivity contribution < 1.29 is 14.3 Å². The largest absolute Gasteiger partial charge is 0.491 e. The summed E-state index contributed by atoms with van der Waals surface area (Å²) in [5, 5.41) is 8.39. The number of hydrogen-bond donors (Lipinski definition) is 3. The maximum Gasteiger partial charge on any atom is 0.315 e. The monoisotopic (exact) mass is 383 g/mol. The molecule has 0 spiro atoms. The van der Waals surface area contributed by atoms with E-state index in [4.69, 9.17) is 4.74 Å². The second-order valence-corrected chi connectivity index (χ2v) is 7.05. The van der Waals surface area contributed by atoms with Crippen molar-refractivity contribution in [1.82, 2.24) is 16.0 Å². The van der Waals surface area contributed by atoms with E-state index >= 15 is 0 Å². The van der Waals surface area contributed by atoms with Crippen molar-refractivity contribution in [2.75, 3.05) is 13.2 Å². The smallest absolute Gasteiger partial charge is 0.315 e. The Morgan fingerprint density at radius 1 is 1.00 bits per heavy atom. The summed E-state index contributed by atoms with van der Waals surface area (Å²) in [4.78, 5) is 23.8. The summed E-state index contributed by atoms with van der Waals surface area (Å²) in [6, 6.07) is 13.1. The number of carbonyl (C=O) groups excluding carboxylic acids is 2. The molecule has 0 aliphatic rings. The molecule has 3 amide bonds. The summed E-state index contributed by atoms with van der Waals surface area (Å²) < 4.78 is 5.72. The molecule has 0 aromatic heterocycles. The minimum atomic E-state index is -0.208. The number of aryl methyl sites for hydroxylation is 2. The van der Waals surface area contributed by atoms with Crippen molar-refractivity contribution in [1.29, 1.82) is 0 Å². The van der Waals surface area contributed by atoms with Crippen LogP contribution in [0, 0.1) is 13.8 Å². The van der Waals surface area contributed by atoms with Crippen molar-refractivity contribution in [3.05, 3.63) is 64.7 Å². The SMILES string of the molecule is Cc1ccc(OCCNC(=O)c2ccc(CNC(=O)NC(C)C)cc2)c(C)c1. The molecule has 0 bridgehead atoms. The van der Waals surface area contributed by atoms with E-state index in [1.165, 1.54) is 5.56 Å². The fourth-order valence-electron chi connectivity index (χ4n) is 2.66. The molecule has 150 valence electrons.